The molecule has 2 rings (SSSR count). The van der Waals surface area contributed by atoms with Crippen LogP contribution < -0.4 is 10.6 Å². The lowest BCUT2D eigenvalue weighted by atomic mass is 10.2. The predicted molar refractivity (Wildman–Crippen MR) is 70.7 cm³/mol. The van der Waals surface area contributed by atoms with Gasteiger partial charge in [-0.2, -0.15) is 0 Å². The number of non-ortho nitro benzene ring substituents is 1. The predicted octanol–water partition coefficient (Wildman–Crippen LogP) is 1.97. The van der Waals surface area contributed by atoms with E-state index in [2.05, 4.69) is 33.2 Å². The summed E-state index contributed by atoms with van der Waals surface area (Å²) in [5.41, 5.74) is 1.11. The number of nitrogens with one attached hydrogen (secondary N) is 2. The number of hydrogen-bond acceptors (Lipinski definition) is 4. The van der Waals surface area contributed by atoms with Crippen LogP contribution in [0.3, 0.4) is 0 Å². The van der Waals surface area contributed by atoms with Crippen molar-refractivity contribution in [2.24, 2.45) is 0 Å². The Kier molecular flexibility index (Phi) is 3.59. The summed E-state index contributed by atoms with van der Waals surface area (Å²) < 4.78 is 0.888. The van der Waals surface area contributed by atoms with Crippen molar-refractivity contribution < 1.29 is 4.92 Å². The largest absolute Gasteiger partial charge is 0.380 e. The van der Waals surface area contributed by atoms with Crippen molar-refractivity contribution in [1.29, 1.82) is 0 Å². The summed E-state index contributed by atoms with van der Waals surface area (Å²) in [5.74, 6) is 0. The molecule has 2 N–H and O–H groups in total. The van der Waals surface area contributed by atoms with Gasteiger partial charge in [0.25, 0.3) is 5.69 Å². The van der Waals surface area contributed by atoms with Gasteiger partial charge in [0.1, 0.15) is 0 Å². The Bertz CT molecular complexity index is 405. The van der Waals surface area contributed by atoms with Crippen molar-refractivity contribution in [3.63, 3.8) is 0 Å². The summed E-state index contributed by atoms with van der Waals surface area (Å²) >= 11 is 2.12. The third-order valence-corrected chi connectivity index (χ3v) is 3.48. The quantitative estimate of drug-likeness (QED) is 0.504. The number of benzene rings is 1. The molecule has 5 nitrogen and oxygen atoms in total. The molecule has 0 aliphatic carbocycles. The van der Waals surface area contributed by atoms with Crippen molar-refractivity contribution >= 4 is 34.0 Å². The molecule has 1 aromatic carbocycles. The second-order valence-corrected chi connectivity index (χ2v) is 4.92. The third-order valence-electron chi connectivity index (χ3n) is 2.58. The summed E-state index contributed by atoms with van der Waals surface area (Å²) in [4.78, 5) is 10.2. The number of nitro benzene ring substituents is 1. The topological polar surface area (TPSA) is 67.2 Å². The Morgan fingerprint density at radius 3 is 2.94 bits per heavy atom. The van der Waals surface area contributed by atoms with Gasteiger partial charge in [0, 0.05) is 34.0 Å². The third kappa shape index (κ3) is 2.62. The molecule has 1 aromatic rings. The van der Waals surface area contributed by atoms with Crippen LogP contribution in [0.25, 0.3) is 0 Å². The lowest BCUT2D eigenvalue weighted by Gasteiger charge is -2.14. The van der Waals surface area contributed by atoms with E-state index in [9.17, 15) is 10.1 Å². The molecule has 0 spiro atoms. The Morgan fingerprint density at radius 2 is 2.38 bits per heavy atom. The highest BCUT2D eigenvalue weighted by Crippen LogP contribution is 2.24. The zero-order valence-corrected chi connectivity index (χ0v) is 10.7. The smallest absolute Gasteiger partial charge is 0.270 e. The van der Waals surface area contributed by atoms with E-state index in [1.807, 2.05) is 0 Å². The van der Waals surface area contributed by atoms with Gasteiger partial charge in [-0.25, -0.2) is 0 Å². The molecule has 6 heteroatoms. The number of nitrogens with zero attached hydrogens (tertiary/aromatic N) is 1. The first-order valence-corrected chi connectivity index (χ1v) is 6.16. The first-order chi connectivity index (χ1) is 7.66. The summed E-state index contributed by atoms with van der Waals surface area (Å²) in [6, 6.07) is 5.33. The second kappa shape index (κ2) is 4.96. The van der Waals surface area contributed by atoms with Crippen molar-refractivity contribution in [2.75, 3.05) is 18.4 Å². The van der Waals surface area contributed by atoms with Gasteiger partial charge in [-0.15, -0.1) is 0 Å². The zero-order valence-electron chi connectivity index (χ0n) is 8.57. The number of nitro groups is 1. The van der Waals surface area contributed by atoms with Crippen molar-refractivity contribution in [1.82, 2.24) is 5.32 Å². The highest BCUT2D eigenvalue weighted by atomic mass is 127. The molecule has 1 unspecified atom stereocenters. The van der Waals surface area contributed by atoms with E-state index in [0.717, 1.165) is 28.8 Å². The van der Waals surface area contributed by atoms with Gasteiger partial charge >= 0.3 is 0 Å². The number of hydrogen-bond donors (Lipinski definition) is 2. The van der Waals surface area contributed by atoms with Gasteiger partial charge < -0.3 is 10.6 Å². The Morgan fingerprint density at radius 1 is 1.56 bits per heavy atom. The number of rotatable bonds is 3. The molecular weight excluding hydrogens is 321 g/mol. The zero-order chi connectivity index (χ0) is 11.5. The summed E-state index contributed by atoms with van der Waals surface area (Å²) in [6.45, 7) is 1.98. The van der Waals surface area contributed by atoms with Crippen LogP contribution in [0.15, 0.2) is 18.2 Å². The van der Waals surface area contributed by atoms with Crippen LogP contribution in [0.2, 0.25) is 0 Å². The molecule has 0 amide bonds. The van der Waals surface area contributed by atoms with E-state index in [0.29, 0.717) is 6.04 Å². The second-order valence-electron chi connectivity index (χ2n) is 3.76. The van der Waals surface area contributed by atoms with Gasteiger partial charge in [0.15, 0.2) is 0 Å². The van der Waals surface area contributed by atoms with Gasteiger partial charge in [-0.05, 0) is 41.6 Å². The van der Waals surface area contributed by atoms with E-state index in [-0.39, 0.29) is 10.6 Å². The number of anilines is 1. The van der Waals surface area contributed by atoms with Crippen molar-refractivity contribution in [2.45, 2.75) is 12.5 Å². The molecule has 1 atom stereocenters. The van der Waals surface area contributed by atoms with Crippen LogP contribution in [-0.4, -0.2) is 24.1 Å². The Balaban J connectivity index is 2.12. The van der Waals surface area contributed by atoms with E-state index in [1.165, 1.54) is 6.07 Å². The minimum Gasteiger partial charge on any atom is -0.380 e. The first-order valence-electron chi connectivity index (χ1n) is 5.08. The monoisotopic (exact) mass is 333 g/mol. The van der Waals surface area contributed by atoms with E-state index < -0.39 is 0 Å². The summed E-state index contributed by atoms with van der Waals surface area (Å²) in [6.07, 6.45) is 1.09. The molecule has 1 fully saturated rings. The molecule has 0 aromatic heterocycles. The molecule has 1 aliphatic rings. The lowest BCUT2D eigenvalue weighted by molar-refractivity contribution is -0.384. The molecule has 0 bridgehead atoms. The lowest BCUT2D eigenvalue weighted by Crippen LogP contribution is -2.22. The SMILES string of the molecule is O=[N+]([O-])c1ccc(NC2CCNC2)c(I)c1. The Labute approximate surface area is 107 Å². The standard InChI is InChI=1S/C10H12IN3O2/c11-9-5-8(14(15)16)1-2-10(9)13-7-3-4-12-6-7/h1-2,5,7,12-13H,3-4,6H2. The molecule has 0 saturated carbocycles. The highest BCUT2D eigenvalue weighted by Gasteiger charge is 2.16. The summed E-state index contributed by atoms with van der Waals surface area (Å²) in [5, 5.41) is 17.2. The highest BCUT2D eigenvalue weighted by molar-refractivity contribution is 14.1. The van der Waals surface area contributed by atoms with Gasteiger partial charge in [-0.3, -0.25) is 10.1 Å². The summed E-state index contributed by atoms with van der Waals surface area (Å²) in [7, 11) is 0. The Hall–Kier alpha value is -0.890. The fourth-order valence-electron chi connectivity index (χ4n) is 1.73. The molecule has 1 aliphatic heterocycles. The maximum atomic E-state index is 10.6. The number of halogens is 1. The van der Waals surface area contributed by atoms with Crippen molar-refractivity contribution in [3.05, 3.63) is 31.9 Å². The molecule has 16 heavy (non-hydrogen) atoms. The van der Waals surface area contributed by atoms with Crippen LogP contribution in [0.5, 0.6) is 0 Å². The van der Waals surface area contributed by atoms with Crippen molar-refractivity contribution in [3.8, 4) is 0 Å². The molecule has 1 heterocycles. The minimum absolute atomic E-state index is 0.138. The maximum Gasteiger partial charge on any atom is 0.270 e. The fraction of sp³-hybridized carbons (Fsp3) is 0.400. The van der Waals surface area contributed by atoms with Gasteiger partial charge in [0.05, 0.1) is 4.92 Å². The van der Waals surface area contributed by atoms with Crippen LogP contribution in [0.4, 0.5) is 11.4 Å². The van der Waals surface area contributed by atoms with E-state index >= 15 is 0 Å². The van der Waals surface area contributed by atoms with Crippen LogP contribution in [0.1, 0.15) is 6.42 Å². The molecule has 0 radical (unpaired) electrons. The minimum atomic E-state index is -0.372. The average molecular weight is 333 g/mol. The maximum absolute atomic E-state index is 10.6. The normalized spacial score (nSPS) is 19.7. The van der Waals surface area contributed by atoms with Crippen LogP contribution >= 0.6 is 22.6 Å². The van der Waals surface area contributed by atoms with E-state index in [1.54, 1.807) is 12.1 Å². The average Bonchev–Trinajstić information content (AvgIpc) is 2.73. The van der Waals surface area contributed by atoms with E-state index in [4.69, 9.17) is 0 Å². The van der Waals surface area contributed by atoms with Crippen LogP contribution in [0, 0.1) is 13.7 Å². The molecule has 1 saturated heterocycles. The first kappa shape index (κ1) is 11.6. The van der Waals surface area contributed by atoms with Gasteiger partial charge in [0.2, 0.25) is 0 Å². The molecule has 86 valence electrons. The molecular formula is C10H12IN3O2. The fourth-order valence-corrected chi connectivity index (χ4v) is 2.39. The van der Waals surface area contributed by atoms with Gasteiger partial charge in [-0.1, -0.05) is 0 Å². The van der Waals surface area contributed by atoms with Crippen LogP contribution in [-0.2, 0) is 0 Å².